The maximum Gasteiger partial charge on any atom is 0.285 e. The largest absolute Gasteiger partial charge is 0.331 e. The van der Waals surface area contributed by atoms with Crippen LogP contribution < -0.4 is 5.73 Å². The third-order valence-corrected chi connectivity index (χ3v) is 4.45. The molecule has 0 fully saturated rings. The molecule has 0 bridgehead atoms. The maximum absolute atomic E-state index is 5.50. The highest BCUT2D eigenvalue weighted by atomic mass is 16.9. The second-order valence-electron chi connectivity index (χ2n) is 6.40. The lowest BCUT2D eigenvalue weighted by Crippen LogP contribution is -2.44. The van der Waals surface area contributed by atoms with Crippen molar-refractivity contribution < 1.29 is 14.2 Å². The molecular formula is C20H45NO3. The van der Waals surface area contributed by atoms with E-state index >= 15 is 0 Å². The molecule has 4 nitrogen and oxygen atoms in total. The summed E-state index contributed by atoms with van der Waals surface area (Å²) in [6.45, 7) is 7.42. The van der Waals surface area contributed by atoms with Gasteiger partial charge in [0, 0.05) is 27.2 Å². The molecule has 4 heteroatoms. The van der Waals surface area contributed by atoms with Gasteiger partial charge in [-0.15, -0.1) is 0 Å². The Labute approximate surface area is 151 Å². The Balaban J connectivity index is 0. The van der Waals surface area contributed by atoms with Gasteiger partial charge in [-0.2, -0.15) is 0 Å². The van der Waals surface area contributed by atoms with Crippen LogP contribution in [0.3, 0.4) is 0 Å². The fraction of sp³-hybridized carbons (Fsp3) is 1.00. The number of ether oxygens (including phenoxy) is 3. The van der Waals surface area contributed by atoms with Crippen molar-refractivity contribution in [2.24, 2.45) is 11.7 Å². The van der Waals surface area contributed by atoms with Gasteiger partial charge in [0.05, 0.1) is 0 Å². The van der Waals surface area contributed by atoms with Crippen LogP contribution in [-0.4, -0.2) is 33.8 Å². The first-order valence-corrected chi connectivity index (χ1v) is 9.97. The zero-order chi connectivity index (χ0) is 18.7. The van der Waals surface area contributed by atoms with Crippen LogP contribution in [0.25, 0.3) is 0 Å². The minimum Gasteiger partial charge on any atom is -0.331 e. The average molecular weight is 348 g/mol. The van der Waals surface area contributed by atoms with E-state index in [1.807, 2.05) is 0 Å². The summed E-state index contributed by atoms with van der Waals surface area (Å²) in [5.74, 6) is -0.553. The first kappa shape index (κ1) is 26.1. The topological polar surface area (TPSA) is 53.7 Å². The predicted octanol–water partition coefficient (Wildman–Crippen LogP) is 5.49. The van der Waals surface area contributed by atoms with E-state index in [1.165, 1.54) is 51.4 Å². The van der Waals surface area contributed by atoms with Crippen molar-refractivity contribution in [1.82, 2.24) is 0 Å². The number of nitrogens with two attached hydrogens (primary N) is 1. The second kappa shape index (κ2) is 19.2. The molecule has 24 heavy (non-hydrogen) atoms. The first-order valence-electron chi connectivity index (χ1n) is 9.97. The van der Waals surface area contributed by atoms with Crippen LogP contribution >= 0.6 is 0 Å². The van der Waals surface area contributed by atoms with Gasteiger partial charge in [0.2, 0.25) is 0 Å². The Bertz CT molecular complexity index is 223. The molecule has 0 aliphatic heterocycles. The van der Waals surface area contributed by atoms with Crippen LogP contribution in [0.5, 0.6) is 0 Å². The molecule has 0 radical (unpaired) electrons. The number of hydrogen-bond donors (Lipinski definition) is 1. The number of rotatable bonds is 15. The molecule has 0 aromatic heterocycles. The van der Waals surface area contributed by atoms with Crippen LogP contribution in [0.4, 0.5) is 0 Å². The van der Waals surface area contributed by atoms with Crippen molar-refractivity contribution in [1.29, 1.82) is 0 Å². The minimum atomic E-state index is -0.862. The summed E-state index contributed by atoms with van der Waals surface area (Å²) in [6, 6.07) is 0. The van der Waals surface area contributed by atoms with Crippen molar-refractivity contribution in [2.45, 2.75) is 97.4 Å². The predicted molar refractivity (Wildman–Crippen MR) is 104 cm³/mol. The van der Waals surface area contributed by atoms with E-state index in [4.69, 9.17) is 19.9 Å². The molecule has 0 amide bonds. The Morgan fingerprint density at radius 3 is 1.54 bits per heavy atom. The quantitative estimate of drug-likeness (QED) is 0.314. The van der Waals surface area contributed by atoms with Gasteiger partial charge in [-0.05, 0) is 25.8 Å². The number of methoxy groups -OCH3 is 3. The molecule has 0 spiro atoms. The molecule has 0 saturated heterocycles. The van der Waals surface area contributed by atoms with Crippen LogP contribution in [-0.2, 0) is 14.2 Å². The minimum absolute atomic E-state index is 0.309. The van der Waals surface area contributed by atoms with Crippen molar-refractivity contribution in [2.75, 3.05) is 27.9 Å². The van der Waals surface area contributed by atoms with Crippen LogP contribution in [0.2, 0.25) is 0 Å². The summed E-state index contributed by atoms with van der Waals surface area (Å²) in [5, 5.41) is 0. The molecule has 1 atom stereocenters. The summed E-state index contributed by atoms with van der Waals surface area (Å²) in [6.07, 6.45) is 13.6. The van der Waals surface area contributed by atoms with Crippen molar-refractivity contribution in [3.8, 4) is 0 Å². The summed E-state index contributed by atoms with van der Waals surface area (Å²) >= 11 is 0. The van der Waals surface area contributed by atoms with E-state index in [2.05, 4.69) is 20.8 Å². The smallest absolute Gasteiger partial charge is 0.285 e. The van der Waals surface area contributed by atoms with Gasteiger partial charge in [-0.1, -0.05) is 72.1 Å². The lowest BCUT2D eigenvalue weighted by molar-refractivity contribution is -0.380. The molecule has 1 unspecified atom stereocenters. The Kier molecular flexibility index (Phi) is 20.8. The number of unbranched alkanes of at least 4 members (excludes halogenated alkanes) is 6. The Morgan fingerprint density at radius 2 is 1.17 bits per heavy atom. The molecular weight excluding hydrogens is 302 g/mol. The molecule has 2 N–H and O–H groups in total. The maximum atomic E-state index is 5.50. The fourth-order valence-corrected chi connectivity index (χ4v) is 2.97. The van der Waals surface area contributed by atoms with E-state index in [1.54, 1.807) is 21.3 Å². The molecule has 0 rings (SSSR count). The molecule has 0 aliphatic carbocycles. The van der Waals surface area contributed by atoms with Gasteiger partial charge in [0.15, 0.2) is 0 Å². The van der Waals surface area contributed by atoms with E-state index in [-0.39, 0.29) is 0 Å². The lowest BCUT2D eigenvalue weighted by Gasteiger charge is -2.36. The summed E-state index contributed by atoms with van der Waals surface area (Å²) in [4.78, 5) is 0. The van der Waals surface area contributed by atoms with E-state index in [0.29, 0.717) is 5.92 Å². The van der Waals surface area contributed by atoms with Gasteiger partial charge in [0.25, 0.3) is 5.97 Å². The summed E-state index contributed by atoms with van der Waals surface area (Å²) in [5.41, 5.74) is 5.14. The van der Waals surface area contributed by atoms with E-state index in [9.17, 15) is 0 Å². The Morgan fingerprint density at radius 1 is 0.667 bits per heavy atom. The van der Waals surface area contributed by atoms with Gasteiger partial charge in [-0.3, -0.25) is 0 Å². The zero-order valence-electron chi connectivity index (χ0n) is 17.4. The molecule has 0 heterocycles. The van der Waals surface area contributed by atoms with Gasteiger partial charge >= 0.3 is 0 Å². The highest BCUT2D eigenvalue weighted by Gasteiger charge is 2.38. The monoisotopic (exact) mass is 347 g/mol. The Hall–Kier alpha value is -0.160. The molecule has 0 saturated carbocycles. The highest BCUT2D eigenvalue weighted by molar-refractivity contribution is 4.71. The summed E-state index contributed by atoms with van der Waals surface area (Å²) in [7, 11) is 4.99. The molecule has 0 aliphatic rings. The normalized spacial score (nSPS) is 12.6. The van der Waals surface area contributed by atoms with Crippen LogP contribution in [0.15, 0.2) is 0 Å². The van der Waals surface area contributed by atoms with E-state index < -0.39 is 5.97 Å². The number of hydrogen-bond acceptors (Lipinski definition) is 4. The first-order chi connectivity index (χ1) is 11.6. The van der Waals surface area contributed by atoms with Gasteiger partial charge in [-0.25, -0.2) is 0 Å². The zero-order valence-corrected chi connectivity index (χ0v) is 17.4. The van der Waals surface area contributed by atoms with Crippen molar-refractivity contribution in [3.63, 3.8) is 0 Å². The van der Waals surface area contributed by atoms with Gasteiger partial charge < -0.3 is 19.9 Å². The van der Waals surface area contributed by atoms with Crippen molar-refractivity contribution >= 4 is 0 Å². The standard InChI is InChI=1S/C16H34O3.C4H11N/c1-6-8-9-10-11-12-14-15(13-7-2)16(17-3,18-4)19-5;1-2-3-4-5/h15H,6-14H2,1-5H3;2-5H2,1H3. The third kappa shape index (κ3) is 12.2. The third-order valence-electron chi connectivity index (χ3n) is 4.45. The SMILES string of the molecule is CCCCCCCCC(CCC)C(OC)(OC)OC.CCCCN. The highest BCUT2D eigenvalue weighted by Crippen LogP contribution is 2.32. The van der Waals surface area contributed by atoms with Crippen LogP contribution in [0, 0.1) is 5.92 Å². The van der Waals surface area contributed by atoms with Gasteiger partial charge in [0.1, 0.15) is 0 Å². The average Bonchev–Trinajstić information content (AvgIpc) is 2.61. The van der Waals surface area contributed by atoms with E-state index in [0.717, 1.165) is 25.8 Å². The van der Waals surface area contributed by atoms with Crippen LogP contribution in [0.1, 0.15) is 91.4 Å². The second-order valence-corrected chi connectivity index (χ2v) is 6.40. The molecule has 0 aromatic carbocycles. The summed E-state index contributed by atoms with van der Waals surface area (Å²) < 4.78 is 16.5. The molecule has 148 valence electrons. The van der Waals surface area contributed by atoms with Crippen molar-refractivity contribution in [3.05, 3.63) is 0 Å². The fourth-order valence-electron chi connectivity index (χ4n) is 2.97. The molecule has 0 aromatic rings. The lowest BCUT2D eigenvalue weighted by atomic mass is 9.93.